The number of hydrogen-bond acceptors (Lipinski definition) is 3. The third-order valence-corrected chi connectivity index (χ3v) is 5.77. The molecule has 124 valence electrons. The van der Waals surface area contributed by atoms with Crippen molar-refractivity contribution in [1.82, 2.24) is 14.5 Å². The minimum Gasteiger partial charge on any atom is -0.345 e. The largest absolute Gasteiger partial charge is 0.345 e. The van der Waals surface area contributed by atoms with Crippen molar-refractivity contribution in [2.75, 3.05) is 19.3 Å². The SMILES string of the molecule is CN(CC1CCCCC1)C(=O)CSc1nc2ccccc2n1C. The fourth-order valence-electron chi connectivity index (χ4n) is 3.35. The molecule has 0 N–H and O–H groups in total. The quantitative estimate of drug-likeness (QED) is 0.784. The minimum absolute atomic E-state index is 0.202. The molecule has 23 heavy (non-hydrogen) atoms. The summed E-state index contributed by atoms with van der Waals surface area (Å²) in [6.45, 7) is 0.905. The first kappa shape index (κ1) is 16.4. The average molecular weight is 331 g/mol. The van der Waals surface area contributed by atoms with E-state index in [-0.39, 0.29) is 5.91 Å². The first-order valence-electron chi connectivity index (χ1n) is 8.43. The van der Waals surface area contributed by atoms with Gasteiger partial charge in [0.25, 0.3) is 0 Å². The van der Waals surface area contributed by atoms with Gasteiger partial charge < -0.3 is 9.47 Å². The van der Waals surface area contributed by atoms with Crippen molar-refractivity contribution in [2.45, 2.75) is 37.3 Å². The highest BCUT2D eigenvalue weighted by atomic mass is 32.2. The second-order valence-corrected chi connectivity index (χ2v) is 7.45. The highest BCUT2D eigenvalue weighted by Crippen LogP contribution is 2.25. The van der Waals surface area contributed by atoms with E-state index in [9.17, 15) is 4.79 Å². The van der Waals surface area contributed by atoms with Gasteiger partial charge in [-0.15, -0.1) is 0 Å². The number of nitrogens with zero attached hydrogens (tertiary/aromatic N) is 3. The number of para-hydroxylation sites is 2. The summed E-state index contributed by atoms with van der Waals surface area (Å²) < 4.78 is 2.06. The maximum Gasteiger partial charge on any atom is 0.232 e. The molecule has 1 saturated carbocycles. The molecule has 3 rings (SSSR count). The summed E-state index contributed by atoms with van der Waals surface area (Å²) in [4.78, 5) is 18.9. The monoisotopic (exact) mass is 331 g/mol. The Morgan fingerprint density at radius 3 is 2.78 bits per heavy atom. The smallest absolute Gasteiger partial charge is 0.232 e. The van der Waals surface area contributed by atoms with E-state index >= 15 is 0 Å². The maximum absolute atomic E-state index is 12.4. The lowest BCUT2D eigenvalue weighted by atomic mass is 9.89. The fraction of sp³-hybridized carbons (Fsp3) is 0.556. The van der Waals surface area contributed by atoms with Crippen molar-refractivity contribution in [1.29, 1.82) is 0 Å². The van der Waals surface area contributed by atoms with Crippen LogP contribution < -0.4 is 0 Å². The van der Waals surface area contributed by atoms with Crippen LogP contribution in [0.25, 0.3) is 11.0 Å². The lowest BCUT2D eigenvalue weighted by molar-refractivity contribution is -0.127. The lowest BCUT2D eigenvalue weighted by Crippen LogP contribution is -2.33. The van der Waals surface area contributed by atoms with Crippen LogP contribution >= 0.6 is 11.8 Å². The Morgan fingerprint density at radius 2 is 2.04 bits per heavy atom. The van der Waals surface area contributed by atoms with Gasteiger partial charge in [-0.25, -0.2) is 4.98 Å². The number of rotatable bonds is 5. The first-order chi connectivity index (χ1) is 11.1. The summed E-state index contributed by atoms with van der Waals surface area (Å²) in [6.07, 6.45) is 6.55. The highest BCUT2D eigenvalue weighted by Gasteiger charge is 2.19. The Morgan fingerprint density at radius 1 is 1.30 bits per heavy atom. The van der Waals surface area contributed by atoms with Crippen LogP contribution in [0.4, 0.5) is 0 Å². The molecule has 1 heterocycles. The third-order valence-electron chi connectivity index (χ3n) is 4.75. The van der Waals surface area contributed by atoms with E-state index in [4.69, 9.17) is 0 Å². The summed E-state index contributed by atoms with van der Waals surface area (Å²) in [7, 11) is 3.94. The summed E-state index contributed by atoms with van der Waals surface area (Å²) >= 11 is 1.53. The normalized spacial score (nSPS) is 15.9. The van der Waals surface area contributed by atoms with Crippen LogP contribution in [-0.2, 0) is 11.8 Å². The standard InChI is InChI=1S/C18H25N3OS/c1-20(12-14-8-4-3-5-9-14)17(22)13-23-18-19-15-10-6-7-11-16(15)21(18)2/h6-7,10-11,14H,3-5,8-9,12-13H2,1-2H3. The summed E-state index contributed by atoms with van der Waals surface area (Å²) in [5, 5.41) is 0.908. The van der Waals surface area contributed by atoms with Crippen molar-refractivity contribution in [3.63, 3.8) is 0 Å². The first-order valence-corrected chi connectivity index (χ1v) is 9.42. The van der Waals surface area contributed by atoms with Gasteiger partial charge in [0.05, 0.1) is 16.8 Å². The topological polar surface area (TPSA) is 38.1 Å². The molecule has 0 radical (unpaired) electrons. The Bertz CT molecular complexity index is 676. The van der Waals surface area contributed by atoms with Crippen LogP contribution in [0.5, 0.6) is 0 Å². The number of aryl methyl sites for hydroxylation is 1. The number of imidazole rings is 1. The number of benzene rings is 1. The zero-order chi connectivity index (χ0) is 16.2. The molecule has 0 bridgehead atoms. The van der Waals surface area contributed by atoms with E-state index < -0.39 is 0 Å². The number of aromatic nitrogens is 2. The van der Waals surface area contributed by atoms with Gasteiger partial charge in [-0.05, 0) is 30.9 Å². The van der Waals surface area contributed by atoms with Crippen molar-refractivity contribution in [2.24, 2.45) is 13.0 Å². The number of thioether (sulfide) groups is 1. The molecular formula is C18H25N3OS. The van der Waals surface area contributed by atoms with Gasteiger partial charge in [0.2, 0.25) is 5.91 Å². The van der Waals surface area contributed by atoms with Crippen LogP contribution in [0.15, 0.2) is 29.4 Å². The molecule has 1 aliphatic carbocycles. The number of carbonyl (C=O) groups is 1. The predicted molar refractivity (Wildman–Crippen MR) is 95.7 cm³/mol. The summed E-state index contributed by atoms with van der Waals surface area (Å²) in [5.41, 5.74) is 2.10. The van der Waals surface area contributed by atoms with Crippen molar-refractivity contribution < 1.29 is 4.79 Å². The molecule has 1 amide bonds. The summed E-state index contributed by atoms with van der Waals surface area (Å²) in [5.74, 6) is 1.35. The molecule has 1 aromatic heterocycles. The summed E-state index contributed by atoms with van der Waals surface area (Å²) in [6, 6.07) is 8.08. The van der Waals surface area contributed by atoms with Gasteiger partial charge in [-0.3, -0.25) is 4.79 Å². The predicted octanol–water partition coefficient (Wildman–Crippen LogP) is 3.70. The second-order valence-electron chi connectivity index (χ2n) is 6.51. The number of amides is 1. The number of hydrogen-bond donors (Lipinski definition) is 0. The molecule has 1 aliphatic rings. The molecule has 1 fully saturated rings. The minimum atomic E-state index is 0.202. The van der Waals surface area contributed by atoms with Gasteiger partial charge in [0, 0.05) is 20.6 Å². The van der Waals surface area contributed by atoms with Crippen LogP contribution in [0.3, 0.4) is 0 Å². The van der Waals surface area contributed by atoms with Crippen LogP contribution in [0.1, 0.15) is 32.1 Å². The molecule has 0 unspecified atom stereocenters. The Balaban J connectivity index is 1.56. The van der Waals surface area contributed by atoms with Crippen LogP contribution in [0.2, 0.25) is 0 Å². The molecule has 0 spiro atoms. The maximum atomic E-state index is 12.4. The van der Waals surface area contributed by atoms with Gasteiger partial charge >= 0.3 is 0 Å². The molecule has 4 nitrogen and oxygen atoms in total. The van der Waals surface area contributed by atoms with Crippen molar-refractivity contribution in [3.05, 3.63) is 24.3 Å². The average Bonchev–Trinajstić information content (AvgIpc) is 2.90. The van der Waals surface area contributed by atoms with Gasteiger partial charge in [0.15, 0.2) is 5.16 Å². The molecule has 2 aromatic rings. The third kappa shape index (κ3) is 3.89. The Kier molecular flexibility index (Phi) is 5.26. The van der Waals surface area contributed by atoms with E-state index in [0.29, 0.717) is 11.7 Å². The molecule has 1 aromatic carbocycles. The van der Waals surface area contributed by atoms with Crippen molar-refractivity contribution >= 4 is 28.7 Å². The molecular weight excluding hydrogens is 306 g/mol. The van der Waals surface area contributed by atoms with Crippen LogP contribution in [-0.4, -0.2) is 39.7 Å². The number of carbonyl (C=O) groups excluding carboxylic acids is 1. The Hall–Kier alpha value is -1.49. The molecule has 5 heteroatoms. The zero-order valence-corrected chi connectivity index (χ0v) is 14.8. The number of fused-ring (bicyclic) bond motifs is 1. The van der Waals surface area contributed by atoms with E-state index in [2.05, 4.69) is 15.6 Å². The van der Waals surface area contributed by atoms with E-state index in [1.54, 1.807) is 0 Å². The van der Waals surface area contributed by atoms with Crippen molar-refractivity contribution in [3.8, 4) is 0 Å². The second kappa shape index (κ2) is 7.39. The molecule has 0 aliphatic heterocycles. The Labute approximate surface area is 142 Å². The van der Waals surface area contributed by atoms with E-state index in [1.807, 2.05) is 37.2 Å². The zero-order valence-electron chi connectivity index (χ0n) is 14.0. The molecule has 0 saturated heterocycles. The molecule has 0 atom stereocenters. The van der Waals surface area contributed by atoms with Gasteiger partial charge in [-0.1, -0.05) is 43.2 Å². The van der Waals surface area contributed by atoms with Gasteiger partial charge in [-0.2, -0.15) is 0 Å². The van der Waals surface area contributed by atoms with Gasteiger partial charge in [0.1, 0.15) is 0 Å². The fourth-order valence-corrected chi connectivity index (χ4v) is 4.28. The lowest BCUT2D eigenvalue weighted by Gasteiger charge is -2.27. The van der Waals surface area contributed by atoms with E-state index in [1.165, 1.54) is 43.9 Å². The highest BCUT2D eigenvalue weighted by molar-refractivity contribution is 7.99. The van der Waals surface area contributed by atoms with E-state index in [0.717, 1.165) is 22.7 Å². The van der Waals surface area contributed by atoms with Crippen LogP contribution in [0, 0.1) is 5.92 Å².